The summed E-state index contributed by atoms with van der Waals surface area (Å²) in [5.41, 5.74) is 8.50. The van der Waals surface area contributed by atoms with E-state index in [0.29, 0.717) is 0 Å². The van der Waals surface area contributed by atoms with Gasteiger partial charge in [-0.3, -0.25) is 0 Å². The number of ether oxygens (including phenoxy) is 2. The van der Waals surface area contributed by atoms with Crippen molar-refractivity contribution in [2.75, 3.05) is 14.2 Å². The first-order chi connectivity index (χ1) is 9.17. The van der Waals surface area contributed by atoms with Gasteiger partial charge in [-0.25, -0.2) is 0 Å². The Morgan fingerprint density at radius 1 is 1.26 bits per heavy atom. The summed E-state index contributed by atoms with van der Waals surface area (Å²) < 4.78 is 11.5. The van der Waals surface area contributed by atoms with Gasteiger partial charge in [-0.1, -0.05) is 0 Å². The Morgan fingerprint density at radius 3 is 2.63 bits per heavy atom. The van der Waals surface area contributed by atoms with Crippen molar-refractivity contribution in [1.82, 2.24) is 0 Å². The summed E-state index contributed by atoms with van der Waals surface area (Å²) in [7, 11) is 3.27. The molecule has 1 aromatic carbocycles. The van der Waals surface area contributed by atoms with Crippen LogP contribution in [-0.4, -0.2) is 14.2 Å². The van der Waals surface area contributed by atoms with Gasteiger partial charge in [0, 0.05) is 11.6 Å². The predicted molar refractivity (Wildman–Crippen MR) is 82.2 cm³/mol. The number of benzene rings is 1. The molecule has 3 nitrogen and oxygen atoms in total. The van der Waals surface area contributed by atoms with Crippen LogP contribution in [0.3, 0.4) is 0 Å². The van der Waals surface area contributed by atoms with Crippen molar-refractivity contribution in [2.24, 2.45) is 5.73 Å². The number of thiophene rings is 1. The summed E-state index contributed by atoms with van der Waals surface area (Å²) in [6.45, 7) is 0. The number of methoxy groups -OCH3 is 2. The quantitative estimate of drug-likeness (QED) is 0.900. The summed E-state index contributed by atoms with van der Waals surface area (Å²) in [6.07, 6.45) is 0.790. The van der Waals surface area contributed by atoms with Gasteiger partial charge in [0.1, 0.15) is 16.0 Å². The molecule has 0 saturated heterocycles. The Hall–Kier alpha value is -1.04. The molecule has 2 rings (SSSR count). The zero-order valence-corrected chi connectivity index (χ0v) is 13.3. The van der Waals surface area contributed by atoms with Crippen molar-refractivity contribution in [3.8, 4) is 11.5 Å². The molecular formula is C14H16BrNO2S. The average Bonchev–Trinajstić information content (AvgIpc) is 2.91. The fraction of sp³-hybridized carbons (Fsp3) is 0.286. The third kappa shape index (κ3) is 3.11. The largest absolute Gasteiger partial charge is 0.495 e. The second kappa shape index (κ2) is 6.41. The van der Waals surface area contributed by atoms with E-state index < -0.39 is 0 Å². The lowest BCUT2D eigenvalue weighted by molar-refractivity contribution is 0.383. The molecule has 102 valence electrons. The summed E-state index contributed by atoms with van der Waals surface area (Å²) in [4.78, 5) is 0. The van der Waals surface area contributed by atoms with Gasteiger partial charge >= 0.3 is 0 Å². The fourth-order valence-electron chi connectivity index (χ4n) is 1.98. The zero-order valence-electron chi connectivity index (χ0n) is 10.9. The Bertz CT molecular complexity index is 543. The molecular weight excluding hydrogens is 326 g/mol. The van der Waals surface area contributed by atoms with Crippen LogP contribution in [0.2, 0.25) is 0 Å². The summed E-state index contributed by atoms with van der Waals surface area (Å²) >= 11 is 5.18. The zero-order chi connectivity index (χ0) is 13.8. The van der Waals surface area contributed by atoms with Gasteiger partial charge in [0.2, 0.25) is 0 Å². The van der Waals surface area contributed by atoms with Crippen LogP contribution < -0.4 is 15.2 Å². The van der Waals surface area contributed by atoms with E-state index in [1.165, 1.54) is 5.56 Å². The molecule has 1 heterocycles. The maximum atomic E-state index is 6.29. The van der Waals surface area contributed by atoms with Crippen LogP contribution in [0.5, 0.6) is 11.5 Å². The van der Waals surface area contributed by atoms with Crippen molar-refractivity contribution in [3.63, 3.8) is 0 Å². The van der Waals surface area contributed by atoms with Crippen LogP contribution in [0.15, 0.2) is 33.4 Å². The van der Waals surface area contributed by atoms with Crippen LogP contribution in [0.25, 0.3) is 0 Å². The van der Waals surface area contributed by atoms with Crippen LogP contribution in [0.4, 0.5) is 0 Å². The van der Waals surface area contributed by atoms with Crippen LogP contribution in [-0.2, 0) is 6.42 Å². The van der Waals surface area contributed by atoms with E-state index in [0.717, 1.165) is 28.0 Å². The summed E-state index contributed by atoms with van der Waals surface area (Å²) in [5, 5.41) is 4.17. The normalized spacial score (nSPS) is 12.2. The highest BCUT2D eigenvalue weighted by Crippen LogP contribution is 2.39. The molecule has 0 aliphatic carbocycles. The van der Waals surface area contributed by atoms with E-state index in [2.05, 4.69) is 32.8 Å². The van der Waals surface area contributed by atoms with Crippen molar-refractivity contribution in [2.45, 2.75) is 12.5 Å². The fourth-order valence-corrected chi connectivity index (χ4v) is 3.35. The molecule has 1 atom stereocenters. The lowest BCUT2D eigenvalue weighted by Crippen LogP contribution is -2.14. The molecule has 0 fully saturated rings. The molecule has 0 spiro atoms. The second-order valence-corrected chi connectivity index (χ2v) is 5.72. The van der Waals surface area contributed by atoms with Gasteiger partial charge in [-0.2, -0.15) is 11.3 Å². The van der Waals surface area contributed by atoms with Gasteiger partial charge in [0.05, 0.1) is 14.2 Å². The first-order valence-corrected chi connectivity index (χ1v) is 7.58. The molecule has 2 aromatic rings. The minimum Gasteiger partial charge on any atom is -0.495 e. The first-order valence-electron chi connectivity index (χ1n) is 5.84. The number of hydrogen-bond acceptors (Lipinski definition) is 4. The topological polar surface area (TPSA) is 44.5 Å². The molecule has 0 bridgehead atoms. The van der Waals surface area contributed by atoms with E-state index in [1.807, 2.05) is 12.1 Å². The molecule has 0 radical (unpaired) electrons. The van der Waals surface area contributed by atoms with E-state index in [-0.39, 0.29) is 6.04 Å². The van der Waals surface area contributed by atoms with Crippen molar-refractivity contribution in [3.05, 3.63) is 44.6 Å². The van der Waals surface area contributed by atoms with E-state index in [9.17, 15) is 0 Å². The van der Waals surface area contributed by atoms with E-state index in [4.69, 9.17) is 15.2 Å². The molecule has 0 aliphatic heterocycles. The van der Waals surface area contributed by atoms with Gasteiger partial charge in [0.15, 0.2) is 0 Å². The third-order valence-corrected chi connectivity index (χ3v) is 4.43. The number of rotatable bonds is 5. The van der Waals surface area contributed by atoms with Gasteiger partial charge in [0.25, 0.3) is 0 Å². The van der Waals surface area contributed by atoms with E-state index in [1.54, 1.807) is 25.6 Å². The molecule has 0 aliphatic rings. The second-order valence-electron chi connectivity index (χ2n) is 4.15. The monoisotopic (exact) mass is 341 g/mol. The molecule has 1 aromatic heterocycles. The maximum Gasteiger partial charge on any atom is 0.141 e. The smallest absolute Gasteiger partial charge is 0.141 e. The summed E-state index contributed by atoms with van der Waals surface area (Å²) in [5.74, 6) is 1.48. The molecule has 0 amide bonds. The highest BCUT2D eigenvalue weighted by atomic mass is 79.9. The third-order valence-electron chi connectivity index (χ3n) is 2.95. The van der Waals surface area contributed by atoms with Crippen molar-refractivity contribution < 1.29 is 9.47 Å². The Kier molecular flexibility index (Phi) is 4.85. The molecule has 5 heteroatoms. The lowest BCUT2D eigenvalue weighted by Gasteiger charge is -2.18. The van der Waals surface area contributed by atoms with Gasteiger partial charge in [-0.15, -0.1) is 0 Å². The molecule has 0 saturated carbocycles. The number of hydrogen-bond donors (Lipinski definition) is 1. The van der Waals surface area contributed by atoms with Crippen LogP contribution in [0.1, 0.15) is 17.2 Å². The molecule has 19 heavy (non-hydrogen) atoms. The van der Waals surface area contributed by atoms with Crippen LogP contribution in [0, 0.1) is 0 Å². The highest BCUT2D eigenvalue weighted by Gasteiger charge is 2.18. The first kappa shape index (κ1) is 14.4. The highest BCUT2D eigenvalue weighted by molar-refractivity contribution is 9.10. The predicted octanol–water partition coefficient (Wildman–Crippen LogP) is 3.77. The Morgan fingerprint density at radius 2 is 2.05 bits per heavy atom. The standard InChI is InChI=1S/C14H16BrNO2S/c1-17-12-4-3-10(14(18-2)13(12)15)11(16)7-9-5-6-19-8-9/h3-6,8,11H,7,16H2,1-2H3. The van der Waals surface area contributed by atoms with Crippen LogP contribution >= 0.6 is 27.3 Å². The maximum absolute atomic E-state index is 6.29. The summed E-state index contributed by atoms with van der Waals surface area (Å²) in [6, 6.07) is 5.84. The molecule has 1 unspecified atom stereocenters. The molecule has 2 N–H and O–H groups in total. The Balaban J connectivity index is 2.31. The SMILES string of the molecule is COc1ccc(C(N)Cc2ccsc2)c(OC)c1Br. The lowest BCUT2D eigenvalue weighted by atomic mass is 10.0. The van der Waals surface area contributed by atoms with E-state index >= 15 is 0 Å². The number of halogens is 1. The van der Waals surface area contributed by atoms with Gasteiger partial charge in [-0.05, 0) is 56.9 Å². The number of nitrogens with two attached hydrogens (primary N) is 1. The minimum absolute atomic E-state index is 0.105. The van der Waals surface area contributed by atoms with Crippen molar-refractivity contribution in [1.29, 1.82) is 0 Å². The van der Waals surface area contributed by atoms with Crippen molar-refractivity contribution >= 4 is 27.3 Å². The average molecular weight is 342 g/mol. The van der Waals surface area contributed by atoms with Gasteiger partial charge < -0.3 is 15.2 Å². The minimum atomic E-state index is -0.105. The Labute approximate surface area is 125 Å².